The highest BCUT2D eigenvalue weighted by Crippen LogP contribution is 2.29. The van der Waals surface area contributed by atoms with Crippen molar-refractivity contribution in [2.75, 3.05) is 0 Å². The average molecular weight is 268 g/mol. The zero-order chi connectivity index (χ0) is 14.0. The minimum Gasteiger partial charge on any atom is -0.328 e. The third kappa shape index (κ3) is 2.67. The van der Waals surface area contributed by atoms with Gasteiger partial charge in [0.05, 0.1) is 5.56 Å². The Kier molecular flexibility index (Phi) is 3.42. The molecule has 0 aliphatic carbocycles. The molecule has 1 heterocycles. The van der Waals surface area contributed by atoms with E-state index in [0.717, 1.165) is 12.1 Å². The van der Waals surface area contributed by atoms with Crippen LogP contribution in [0.4, 0.5) is 13.2 Å². The summed E-state index contributed by atoms with van der Waals surface area (Å²) >= 11 is 0. The molecule has 2 aromatic rings. The summed E-state index contributed by atoms with van der Waals surface area (Å²) in [6.07, 6.45) is -1.40. The first-order valence-corrected chi connectivity index (χ1v) is 5.66. The first-order valence-electron chi connectivity index (χ1n) is 5.66. The van der Waals surface area contributed by atoms with E-state index in [4.69, 9.17) is 0 Å². The molecule has 0 aliphatic rings. The SMILES string of the molecule is CCn1ccnc1C(=O)c1cccc(C(F)(F)F)c1. The largest absolute Gasteiger partial charge is 0.416 e. The maximum atomic E-state index is 12.6. The lowest BCUT2D eigenvalue weighted by Crippen LogP contribution is -2.12. The van der Waals surface area contributed by atoms with Crippen molar-refractivity contribution in [3.8, 4) is 0 Å². The number of rotatable bonds is 3. The van der Waals surface area contributed by atoms with Crippen molar-refractivity contribution in [3.63, 3.8) is 0 Å². The van der Waals surface area contributed by atoms with E-state index in [1.54, 1.807) is 10.8 Å². The molecule has 0 unspecified atom stereocenters. The van der Waals surface area contributed by atoms with Gasteiger partial charge in [0.1, 0.15) is 0 Å². The maximum Gasteiger partial charge on any atom is 0.416 e. The number of benzene rings is 1. The molecule has 0 spiro atoms. The number of carbonyl (C=O) groups excluding carboxylic acids is 1. The van der Waals surface area contributed by atoms with Gasteiger partial charge in [0.15, 0.2) is 5.82 Å². The summed E-state index contributed by atoms with van der Waals surface area (Å²) in [5.74, 6) is -0.375. The Hall–Kier alpha value is -2.11. The zero-order valence-electron chi connectivity index (χ0n) is 10.1. The molecule has 0 amide bonds. The Morgan fingerprint density at radius 1 is 1.37 bits per heavy atom. The topological polar surface area (TPSA) is 34.9 Å². The molecule has 0 atom stereocenters. The van der Waals surface area contributed by atoms with Gasteiger partial charge in [0.2, 0.25) is 5.78 Å². The molecule has 0 fully saturated rings. The Balaban J connectivity index is 2.40. The third-order valence-corrected chi connectivity index (χ3v) is 2.71. The van der Waals surface area contributed by atoms with E-state index in [1.807, 2.05) is 6.92 Å². The second kappa shape index (κ2) is 4.87. The second-order valence-electron chi connectivity index (χ2n) is 3.94. The third-order valence-electron chi connectivity index (χ3n) is 2.71. The van der Waals surface area contributed by atoms with Crippen molar-refractivity contribution in [1.29, 1.82) is 0 Å². The molecule has 0 N–H and O–H groups in total. The van der Waals surface area contributed by atoms with Crippen molar-refractivity contribution < 1.29 is 18.0 Å². The summed E-state index contributed by atoms with van der Waals surface area (Å²) in [5, 5.41) is 0. The van der Waals surface area contributed by atoms with Crippen molar-refractivity contribution in [2.45, 2.75) is 19.6 Å². The summed E-state index contributed by atoms with van der Waals surface area (Å²) in [7, 11) is 0. The summed E-state index contributed by atoms with van der Waals surface area (Å²) < 4.78 is 39.3. The van der Waals surface area contributed by atoms with Gasteiger partial charge in [0.25, 0.3) is 0 Å². The minimum absolute atomic E-state index is 0.0178. The van der Waals surface area contributed by atoms with Crippen LogP contribution in [-0.4, -0.2) is 15.3 Å². The van der Waals surface area contributed by atoms with Gasteiger partial charge in [0, 0.05) is 24.5 Å². The number of nitrogens with zero attached hydrogens (tertiary/aromatic N) is 2. The standard InChI is InChI=1S/C13H11F3N2O/c1-2-18-7-6-17-12(18)11(19)9-4-3-5-10(8-9)13(14,15)16/h3-8H,2H2,1H3. The van der Waals surface area contributed by atoms with Crippen LogP contribution in [0.5, 0.6) is 0 Å². The van der Waals surface area contributed by atoms with Crippen LogP contribution >= 0.6 is 0 Å². The molecule has 0 bridgehead atoms. The summed E-state index contributed by atoms with van der Waals surface area (Å²) in [6, 6.07) is 4.35. The van der Waals surface area contributed by atoms with Crippen LogP contribution in [0.1, 0.15) is 28.7 Å². The molecule has 0 saturated heterocycles. The molecule has 6 heteroatoms. The van der Waals surface area contributed by atoms with Crippen LogP contribution < -0.4 is 0 Å². The molecule has 19 heavy (non-hydrogen) atoms. The smallest absolute Gasteiger partial charge is 0.328 e. The molecular weight excluding hydrogens is 257 g/mol. The fraction of sp³-hybridized carbons (Fsp3) is 0.231. The van der Waals surface area contributed by atoms with Gasteiger partial charge in [-0.15, -0.1) is 0 Å². The van der Waals surface area contributed by atoms with E-state index in [0.29, 0.717) is 6.54 Å². The van der Waals surface area contributed by atoms with Crippen LogP contribution in [0.15, 0.2) is 36.7 Å². The van der Waals surface area contributed by atoms with Gasteiger partial charge in [-0.1, -0.05) is 12.1 Å². The number of ketones is 1. The van der Waals surface area contributed by atoms with Gasteiger partial charge in [-0.25, -0.2) is 4.98 Å². The number of aromatic nitrogens is 2. The number of hydrogen-bond donors (Lipinski definition) is 0. The first kappa shape index (κ1) is 13.3. The molecule has 0 radical (unpaired) electrons. The molecule has 1 aromatic heterocycles. The van der Waals surface area contributed by atoms with E-state index in [9.17, 15) is 18.0 Å². The number of aryl methyl sites for hydroxylation is 1. The highest BCUT2D eigenvalue weighted by Gasteiger charge is 2.31. The Labute approximate surface area is 107 Å². The molecular formula is C13H11F3N2O. The van der Waals surface area contributed by atoms with Crippen molar-refractivity contribution >= 4 is 5.78 Å². The molecule has 0 aliphatic heterocycles. The number of halogens is 3. The number of carbonyl (C=O) groups is 1. The highest BCUT2D eigenvalue weighted by atomic mass is 19.4. The molecule has 1 aromatic carbocycles. The van der Waals surface area contributed by atoms with Gasteiger partial charge in [-0.3, -0.25) is 4.79 Å². The quantitative estimate of drug-likeness (QED) is 0.801. The van der Waals surface area contributed by atoms with Crippen molar-refractivity contribution in [2.24, 2.45) is 0 Å². The van der Waals surface area contributed by atoms with Crippen LogP contribution in [0.2, 0.25) is 0 Å². The molecule has 100 valence electrons. The number of imidazole rings is 1. The lowest BCUT2D eigenvalue weighted by Gasteiger charge is -2.08. The molecule has 2 rings (SSSR count). The van der Waals surface area contributed by atoms with Gasteiger partial charge in [-0.05, 0) is 19.1 Å². The number of alkyl halides is 3. The van der Waals surface area contributed by atoms with E-state index in [2.05, 4.69) is 4.98 Å². The molecule has 0 saturated carbocycles. The fourth-order valence-electron chi connectivity index (χ4n) is 1.74. The monoisotopic (exact) mass is 268 g/mol. The number of hydrogen-bond acceptors (Lipinski definition) is 2. The maximum absolute atomic E-state index is 12.6. The van der Waals surface area contributed by atoms with Crippen LogP contribution in [0.25, 0.3) is 0 Å². The average Bonchev–Trinajstić information content (AvgIpc) is 2.85. The highest BCUT2D eigenvalue weighted by molar-refractivity contribution is 6.06. The van der Waals surface area contributed by atoms with E-state index >= 15 is 0 Å². The first-order chi connectivity index (χ1) is 8.93. The van der Waals surface area contributed by atoms with Gasteiger partial charge in [-0.2, -0.15) is 13.2 Å². The normalized spacial score (nSPS) is 11.6. The van der Waals surface area contributed by atoms with Gasteiger partial charge < -0.3 is 4.57 Å². The predicted molar refractivity (Wildman–Crippen MR) is 62.8 cm³/mol. The molecule has 3 nitrogen and oxygen atoms in total. The van der Waals surface area contributed by atoms with E-state index in [-0.39, 0.29) is 11.4 Å². The van der Waals surface area contributed by atoms with Crippen LogP contribution in [0, 0.1) is 0 Å². The van der Waals surface area contributed by atoms with Crippen LogP contribution in [-0.2, 0) is 12.7 Å². The van der Waals surface area contributed by atoms with Crippen molar-refractivity contribution in [1.82, 2.24) is 9.55 Å². The summed E-state index contributed by atoms with van der Waals surface area (Å²) in [5.41, 5.74) is -0.858. The van der Waals surface area contributed by atoms with Crippen LogP contribution in [0.3, 0.4) is 0 Å². The van der Waals surface area contributed by atoms with E-state index in [1.165, 1.54) is 18.3 Å². The predicted octanol–water partition coefficient (Wildman–Crippen LogP) is 3.15. The lowest BCUT2D eigenvalue weighted by molar-refractivity contribution is -0.137. The lowest BCUT2D eigenvalue weighted by atomic mass is 10.1. The minimum atomic E-state index is -4.46. The summed E-state index contributed by atoms with van der Waals surface area (Å²) in [4.78, 5) is 16.0. The fourth-order valence-corrected chi connectivity index (χ4v) is 1.74. The Morgan fingerprint density at radius 3 is 2.74 bits per heavy atom. The van der Waals surface area contributed by atoms with E-state index < -0.39 is 17.5 Å². The Bertz CT molecular complexity index is 602. The summed E-state index contributed by atoms with van der Waals surface area (Å²) in [6.45, 7) is 2.35. The Morgan fingerprint density at radius 2 is 2.11 bits per heavy atom. The zero-order valence-corrected chi connectivity index (χ0v) is 10.1. The van der Waals surface area contributed by atoms with Crippen molar-refractivity contribution in [3.05, 3.63) is 53.6 Å². The second-order valence-corrected chi connectivity index (χ2v) is 3.94. The van der Waals surface area contributed by atoms with Gasteiger partial charge >= 0.3 is 6.18 Å².